The molecule has 0 spiro atoms. The third-order valence-electron chi connectivity index (χ3n) is 4.01. The van der Waals surface area contributed by atoms with Gasteiger partial charge in [-0.15, -0.1) is 0 Å². The number of hydrogen-bond donors (Lipinski definition) is 2. The number of aromatic hydroxyl groups is 1. The number of rotatable bonds is 4. The van der Waals surface area contributed by atoms with Gasteiger partial charge in [0.2, 0.25) is 0 Å². The highest BCUT2D eigenvalue weighted by Gasteiger charge is 2.20. The first-order valence-corrected chi connectivity index (χ1v) is 7.28. The first-order chi connectivity index (χ1) is 8.70. The summed E-state index contributed by atoms with van der Waals surface area (Å²) in [5, 5.41) is 13.8. The Hall–Kier alpha value is -0.730. The lowest BCUT2D eigenvalue weighted by atomic mass is 9.84. The summed E-state index contributed by atoms with van der Waals surface area (Å²) >= 11 is 5.90. The van der Waals surface area contributed by atoms with Crippen LogP contribution < -0.4 is 5.32 Å². The molecule has 0 heterocycles. The van der Waals surface area contributed by atoms with Gasteiger partial charge in [-0.25, -0.2) is 0 Å². The van der Waals surface area contributed by atoms with Crippen molar-refractivity contribution in [3.8, 4) is 5.75 Å². The van der Waals surface area contributed by atoms with E-state index in [-0.39, 0.29) is 5.75 Å². The Kier molecular flexibility index (Phi) is 4.90. The summed E-state index contributed by atoms with van der Waals surface area (Å²) in [7, 11) is 0. The third-order valence-corrected chi connectivity index (χ3v) is 4.32. The van der Waals surface area contributed by atoms with E-state index in [0.717, 1.165) is 11.5 Å². The molecule has 2 rings (SSSR count). The van der Waals surface area contributed by atoms with E-state index >= 15 is 0 Å². The second-order valence-electron chi connectivity index (χ2n) is 5.27. The molecular weight excluding hydrogens is 246 g/mol. The average Bonchev–Trinajstić information content (AvgIpc) is 2.41. The van der Waals surface area contributed by atoms with Gasteiger partial charge in [0.1, 0.15) is 5.75 Å². The molecule has 18 heavy (non-hydrogen) atoms. The quantitative estimate of drug-likeness (QED) is 0.861. The van der Waals surface area contributed by atoms with Crippen molar-refractivity contribution in [2.24, 2.45) is 5.92 Å². The van der Waals surface area contributed by atoms with E-state index in [0.29, 0.717) is 17.6 Å². The number of benzene rings is 1. The summed E-state index contributed by atoms with van der Waals surface area (Å²) < 4.78 is 0. The minimum atomic E-state index is 0.217. The minimum Gasteiger partial charge on any atom is -0.506 e. The fourth-order valence-corrected chi connectivity index (χ4v) is 3.00. The second kappa shape index (κ2) is 6.44. The third kappa shape index (κ3) is 3.39. The van der Waals surface area contributed by atoms with Gasteiger partial charge in [-0.2, -0.15) is 0 Å². The highest BCUT2D eigenvalue weighted by atomic mass is 35.5. The number of para-hydroxylation sites is 1. The van der Waals surface area contributed by atoms with Crippen LogP contribution in [-0.2, 0) is 6.54 Å². The summed E-state index contributed by atoms with van der Waals surface area (Å²) in [5.41, 5.74) is 0.890. The van der Waals surface area contributed by atoms with Crippen LogP contribution in [0.25, 0.3) is 0 Å². The summed E-state index contributed by atoms with van der Waals surface area (Å²) in [5.74, 6) is 1.08. The molecule has 0 bridgehead atoms. The van der Waals surface area contributed by atoms with Crippen LogP contribution in [0, 0.1) is 5.92 Å². The van der Waals surface area contributed by atoms with E-state index in [9.17, 15) is 5.11 Å². The van der Waals surface area contributed by atoms with Gasteiger partial charge in [0.05, 0.1) is 5.02 Å². The molecule has 1 fully saturated rings. The highest BCUT2D eigenvalue weighted by molar-refractivity contribution is 6.32. The van der Waals surface area contributed by atoms with Crippen molar-refractivity contribution < 1.29 is 5.11 Å². The molecule has 0 amide bonds. The monoisotopic (exact) mass is 267 g/mol. The zero-order valence-electron chi connectivity index (χ0n) is 11.0. The smallest absolute Gasteiger partial charge is 0.138 e. The van der Waals surface area contributed by atoms with E-state index in [1.165, 1.54) is 32.1 Å². The number of phenols is 1. The largest absolute Gasteiger partial charge is 0.506 e. The normalized spacial score (nSPS) is 24.1. The summed E-state index contributed by atoms with van der Waals surface area (Å²) in [4.78, 5) is 0. The summed E-state index contributed by atoms with van der Waals surface area (Å²) in [6.07, 6.45) is 6.48. The Balaban J connectivity index is 1.89. The lowest BCUT2D eigenvalue weighted by Gasteiger charge is -2.29. The van der Waals surface area contributed by atoms with E-state index in [1.54, 1.807) is 6.07 Å². The molecule has 2 atom stereocenters. The Morgan fingerprint density at radius 2 is 2.22 bits per heavy atom. The van der Waals surface area contributed by atoms with Gasteiger partial charge >= 0.3 is 0 Å². The molecule has 2 unspecified atom stereocenters. The number of phenolic OH excluding ortho intramolecular Hbond substituents is 1. The fraction of sp³-hybridized carbons (Fsp3) is 0.600. The topological polar surface area (TPSA) is 32.3 Å². The molecule has 1 aliphatic rings. The van der Waals surface area contributed by atoms with Gasteiger partial charge in [0.25, 0.3) is 0 Å². The zero-order chi connectivity index (χ0) is 13.0. The molecule has 2 N–H and O–H groups in total. The van der Waals surface area contributed by atoms with Crippen molar-refractivity contribution >= 4 is 11.6 Å². The van der Waals surface area contributed by atoms with E-state index < -0.39 is 0 Å². The molecule has 0 aliphatic heterocycles. The van der Waals surface area contributed by atoms with E-state index in [4.69, 9.17) is 11.6 Å². The van der Waals surface area contributed by atoms with Gasteiger partial charge < -0.3 is 10.4 Å². The molecule has 1 aliphatic carbocycles. The molecule has 1 saturated carbocycles. The zero-order valence-corrected chi connectivity index (χ0v) is 11.7. The lowest BCUT2D eigenvalue weighted by Crippen LogP contribution is -2.33. The van der Waals surface area contributed by atoms with Gasteiger partial charge in [0.15, 0.2) is 0 Å². The maximum atomic E-state index is 9.85. The van der Waals surface area contributed by atoms with Crippen molar-refractivity contribution in [3.63, 3.8) is 0 Å². The van der Waals surface area contributed by atoms with Crippen molar-refractivity contribution in [1.29, 1.82) is 0 Å². The van der Waals surface area contributed by atoms with Gasteiger partial charge in [-0.1, -0.05) is 49.9 Å². The summed E-state index contributed by atoms with van der Waals surface area (Å²) in [6.45, 7) is 2.98. The Bertz CT molecular complexity index is 394. The SMILES string of the molecule is CCC1CCCC(NCc2cccc(Cl)c2O)C1. The van der Waals surface area contributed by atoms with E-state index in [1.807, 2.05) is 12.1 Å². The Morgan fingerprint density at radius 1 is 1.39 bits per heavy atom. The van der Waals surface area contributed by atoms with Crippen molar-refractivity contribution in [1.82, 2.24) is 5.32 Å². The second-order valence-corrected chi connectivity index (χ2v) is 5.67. The molecule has 0 radical (unpaired) electrons. The molecule has 0 saturated heterocycles. The van der Waals surface area contributed by atoms with Crippen LogP contribution in [0.15, 0.2) is 18.2 Å². The van der Waals surface area contributed by atoms with Crippen molar-refractivity contribution in [3.05, 3.63) is 28.8 Å². The standard InChI is InChI=1S/C15H22ClNO/c1-2-11-5-3-7-13(9-11)17-10-12-6-4-8-14(16)15(12)18/h4,6,8,11,13,17-18H,2-3,5,7,9-10H2,1H3. The van der Waals surface area contributed by atoms with Crippen LogP contribution in [0.2, 0.25) is 5.02 Å². The van der Waals surface area contributed by atoms with Crippen molar-refractivity contribution in [2.75, 3.05) is 0 Å². The van der Waals surface area contributed by atoms with E-state index in [2.05, 4.69) is 12.2 Å². The number of nitrogens with one attached hydrogen (secondary N) is 1. The predicted molar refractivity (Wildman–Crippen MR) is 76.0 cm³/mol. The first kappa shape index (κ1) is 13.7. The van der Waals surface area contributed by atoms with Crippen LogP contribution in [0.4, 0.5) is 0 Å². The molecular formula is C15H22ClNO. The fourth-order valence-electron chi connectivity index (χ4n) is 2.80. The maximum Gasteiger partial charge on any atom is 0.138 e. The van der Waals surface area contributed by atoms with Crippen LogP contribution in [0.5, 0.6) is 5.75 Å². The van der Waals surface area contributed by atoms with Gasteiger partial charge in [-0.3, -0.25) is 0 Å². The molecule has 0 aromatic heterocycles. The van der Waals surface area contributed by atoms with Gasteiger partial charge in [0, 0.05) is 18.2 Å². The minimum absolute atomic E-state index is 0.217. The lowest BCUT2D eigenvalue weighted by molar-refractivity contribution is 0.277. The highest BCUT2D eigenvalue weighted by Crippen LogP contribution is 2.29. The van der Waals surface area contributed by atoms with Crippen LogP contribution in [-0.4, -0.2) is 11.1 Å². The molecule has 3 heteroatoms. The van der Waals surface area contributed by atoms with Crippen LogP contribution in [0.3, 0.4) is 0 Å². The predicted octanol–water partition coefficient (Wildman–Crippen LogP) is 4.10. The number of hydrogen-bond acceptors (Lipinski definition) is 2. The molecule has 100 valence electrons. The summed E-state index contributed by atoms with van der Waals surface area (Å²) in [6, 6.07) is 6.11. The van der Waals surface area contributed by atoms with Crippen LogP contribution in [0.1, 0.15) is 44.6 Å². The Labute approximate surface area is 114 Å². The Morgan fingerprint density at radius 3 is 3.00 bits per heavy atom. The molecule has 1 aromatic rings. The van der Waals surface area contributed by atoms with Crippen LogP contribution >= 0.6 is 11.6 Å². The first-order valence-electron chi connectivity index (χ1n) is 6.90. The van der Waals surface area contributed by atoms with Gasteiger partial charge in [-0.05, 0) is 24.8 Å². The van der Waals surface area contributed by atoms with Crippen molar-refractivity contribution in [2.45, 2.75) is 51.6 Å². The maximum absolute atomic E-state index is 9.85. The average molecular weight is 268 g/mol. The number of halogens is 1. The molecule has 2 nitrogen and oxygen atoms in total. The molecule has 1 aromatic carbocycles.